The van der Waals surface area contributed by atoms with Crippen molar-refractivity contribution in [3.63, 3.8) is 0 Å². The van der Waals surface area contributed by atoms with E-state index in [9.17, 15) is 0 Å². The van der Waals surface area contributed by atoms with Crippen LogP contribution in [0.15, 0.2) is 24.5 Å². The van der Waals surface area contributed by atoms with Gasteiger partial charge in [-0.3, -0.25) is 4.98 Å². The van der Waals surface area contributed by atoms with Gasteiger partial charge in [-0.2, -0.15) is 0 Å². The highest BCUT2D eigenvalue weighted by Gasteiger charge is 2.32. The molecule has 2 rings (SSSR count). The second-order valence-electron chi connectivity index (χ2n) is 2.88. The zero-order chi connectivity index (χ0) is 8.44. The molecule has 1 aliphatic rings. The summed E-state index contributed by atoms with van der Waals surface area (Å²) in [5, 5.41) is 0. The minimum absolute atomic E-state index is 0.258. The maximum Gasteiger partial charge on any atom is 0.0847 e. The normalized spacial score (nSPS) is 21.1. The first-order valence-electron chi connectivity index (χ1n) is 4.00. The first-order chi connectivity index (χ1) is 5.81. The smallest absolute Gasteiger partial charge is 0.0847 e. The first kappa shape index (κ1) is 8.45. The summed E-state index contributed by atoms with van der Waals surface area (Å²) in [6.45, 7) is 2.28. The first-order valence-corrected chi connectivity index (χ1v) is 5.97. The quantitative estimate of drug-likeness (QED) is 0.687. The molecule has 0 unspecified atom stereocenters. The van der Waals surface area contributed by atoms with Gasteiger partial charge in [0, 0.05) is 23.9 Å². The van der Waals surface area contributed by atoms with Gasteiger partial charge in [-0.25, -0.2) is 0 Å². The van der Waals surface area contributed by atoms with Gasteiger partial charge in [0.2, 0.25) is 0 Å². The topological polar surface area (TPSA) is 12.9 Å². The number of hydrogen-bond acceptors (Lipinski definition) is 3. The Kier molecular flexibility index (Phi) is 2.33. The fourth-order valence-electron chi connectivity index (χ4n) is 1.31. The SMILES string of the molecule is CC1(c2cccnc2)SCCS1. The van der Waals surface area contributed by atoms with Gasteiger partial charge in [-0.05, 0) is 18.6 Å². The number of hydrogen-bond donors (Lipinski definition) is 0. The van der Waals surface area contributed by atoms with Crippen molar-refractivity contribution in [2.24, 2.45) is 0 Å². The number of rotatable bonds is 1. The molecule has 0 aromatic carbocycles. The van der Waals surface area contributed by atoms with Crippen molar-refractivity contribution in [1.82, 2.24) is 4.98 Å². The Labute approximate surface area is 81.4 Å². The second kappa shape index (κ2) is 3.30. The molecule has 1 fully saturated rings. The minimum Gasteiger partial charge on any atom is -0.264 e. The molecule has 1 saturated heterocycles. The number of nitrogens with zero attached hydrogens (tertiary/aromatic N) is 1. The van der Waals surface area contributed by atoms with Gasteiger partial charge in [0.25, 0.3) is 0 Å². The largest absolute Gasteiger partial charge is 0.264 e. The predicted molar refractivity (Wildman–Crippen MR) is 56.5 cm³/mol. The summed E-state index contributed by atoms with van der Waals surface area (Å²) in [7, 11) is 0. The van der Waals surface area contributed by atoms with E-state index in [1.54, 1.807) is 0 Å². The van der Waals surface area contributed by atoms with E-state index in [0.717, 1.165) is 0 Å². The molecule has 64 valence electrons. The minimum atomic E-state index is 0.258. The van der Waals surface area contributed by atoms with E-state index < -0.39 is 0 Å². The van der Waals surface area contributed by atoms with Gasteiger partial charge < -0.3 is 0 Å². The molecule has 1 aliphatic heterocycles. The fourth-order valence-corrected chi connectivity index (χ4v) is 4.17. The van der Waals surface area contributed by atoms with E-state index in [1.807, 2.05) is 42.0 Å². The average Bonchev–Trinajstić information content (AvgIpc) is 2.55. The van der Waals surface area contributed by atoms with Crippen LogP contribution >= 0.6 is 23.5 Å². The standard InChI is InChI=1S/C9H11NS2/c1-9(11-5-6-12-9)8-3-2-4-10-7-8/h2-4,7H,5-6H2,1H3. The van der Waals surface area contributed by atoms with Gasteiger partial charge in [0.1, 0.15) is 0 Å². The third-order valence-corrected chi connectivity index (χ3v) is 5.38. The van der Waals surface area contributed by atoms with Crippen molar-refractivity contribution in [3.05, 3.63) is 30.1 Å². The van der Waals surface area contributed by atoms with E-state index in [1.165, 1.54) is 17.1 Å². The molecule has 1 aromatic rings. The molecule has 0 atom stereocenters. The van der Waals surface area contributed by atoms with E-state index in [2.05, 4.69) is 18.0 Å². The molecule has 0 amide bonds. The molecule has 1 aromatic heterocycles. The second-order valence-corrected chi connectivity index (χ2v) is 6.17. The zero-order valence-electron chi connectivity index (χ0n) is 6.99. The summed E-state index contributed by atoms with van der Waals surface area (Å²) in [6.07, 6.45) is 3.81. The van der Waals surface area contributed by atoms with Crippen LogP contribution in [-0.4, -0.2) is 16.5 Å². The predicted octanol–water partition coefficient (Wildman–Crippen LogP) is 2.73. The van der Waals surface area contributed by atoms with Crippen molar-refractivity contribution >= 4 is 23.5 Å². The fraction of sp³-hybridized carbons (Fsp3) is 0.444. The van der Waals surface area contributed by atoms with Crippen LogP contribution in [-0.2, 0) is 4.08 Å². The molecule has 2 heterocycles. The maximum absolute atomic E-state index is 4.15. The molecule has 3 heteroatoms. The summed E-state index contributed by atoms with van der Waals surface area (Å²) < 4.78 is 0.258. The molecule has 0 bridgehead atoms. The van der Waals surface area contributed by atoms with Crippen molar-refractivity contribution in [2.75, 3.05) is 11.5 Å². The Hall–Kier alpha value is -0.150. The van der Waals surface area contributed by atoms with E-state index in [0.29, 0.717) is 0 Å². The maximum atomic E-state index is 4.15. The van der Waals surface area contributed by atoms with Gasteiger partial charge in [0.15, 0.2) is 0 Å². The number of pyridine rings is 1. The summed E-state index contributed by atoms with van der Waals surface area (Å²) in [4.78, 5) is 4.15. The summed E-state index contributed by atoms with van der Waals surface area (Å²) in [5.41, 5.74) is 1.34. The van der Waals surface area contributed by atoms with E-state index in [-0.39, 0.29) is 4.08 Å². The van der Waals surface area contributed by atoms with Gasteiger partial charge in [-0.1, -0.05) is 6.07 Å². The Balaban J connectivity index is 2.29. The van der Waals surface area contributed by atoms with Gasteiger partial charge >= 0.3 is 0 Å². The van der Waals surface area contributed by atoms with Crippen LogP contribution < -0.4 is 0 Å². The molecule has 0 spiro atoms. The van der Waals surface area contributed by atoms with Gasteiger partial charge in [-0.15, -0.1) is 23.5 Å². The summed E-state index contributed by atoms with van der Waals surface area (Å²) in [5.74, 6) is 2.52. The Morgan fingerprint density at radius 1 is 1.42 bits per heavy atom. The van der Waals surface area contributed by atoms with Crippen LogP contribution in [0.2, 0.25) is 0 Å². The summed E-state index contributed by atoms with van der Waals surface area (Å²) in [6, 6.07) is 4.18. The van der Waals surface area contributed by atoms with Crippen LogP contribution in [0, 0.1) is 0 Å². The lowest BCUT2D eigenvalue weighted by molar-refractivity contribution is 1.00. The third-order valence-electron chi connectivity index (χ3n) is 2.02. The van der Waals surface area contributed by atoms with Gasteiger partial charge in [0.05, 0.1) is 4.08 Å². The molecule has 0 radical (unpaired) electrons. The lowest BCUT2D eigenvalue weighted by Crippen LogP contribution is -2.08. The zero-order valence-corrected chi connectivity index (χ0v) is 8.62. The highest BCUT2D eigenvalue weighted by Crippen LogP contribution is 2.50. The van der Waals surface area contributed by atoms with Crippen molar-refractivity contribution in [2.45, 2.75) is 11.0 Å². The molecule has 1 nitrogen and oxygen atoms in total. The van der Waals surface area contributed by atoms with Crippen molar-refractivity contribution in [3.8, 4) is 0 Å². The van der Waals surface area contributed by atoms with Crippen LogP contribution in [0.3, 0.4) is 0 Å². The molecule has 0 aliphatic carbocycles. The summed E-state index contributed by atoms with van der Waals surface area (Å²) >= 11 is 4.04. The van der Waals surface area contributed by atoms with Crippen molar-refractivity contribution < 1.29 is 0 Å². The van der Waals surface area contributed by atoms with Crippen LogP contribution in [0.1, 0.15) is 12.5 Å². The Bertz CT molecular complexity index is 254. The number of thioether (sulfide) groups is 2. The lowest BCUT2D eigenvalue weighted by atomic mass is 10.2. The lowest BCUT2D eigenvalue weighted by Gasteiger charge is -2.21. The number of aromatic nitrogens is 1. The third kappa shape index (κ3) is 1.48. The van der Waals surface area contributed by atoms with Crippen LogP contribution in [0.25, 0.3) is 0 Å². The van der Waals surface area contributed by atoms with E-state index >= 15 is 0 Å². The molecule has 0 saturated carbocycles. The molecular weight excluding hydrogens is 186 g/mol. The van der Waals surface area contributed by atoms with Crippen LogP contribution in [0.4, 0.5) is 0 Å². The van der Waals surface area contributed by atoms with E-state index in [4.69, 9.17) is 0 Å². The average molecular weight is 197 g/mol. The Morgan fingerprint density at radius 2 is 2.17 bits per heavy atom. The Morgan fingerprint density at radius 3 is 2.75 bits per heavy atom. The monoisotopic (exact) mass is 197 g/mol. The molecule has 12 heavy (non-hydrogen) atoms. The van der Waals surface area contributed by atoms with Crippen LogP contribution in [0.5, 0.6) is 0 Å². The molecular formula is C9H11NS2. The molecule has 0 N–H and O–H groups in total. The van der Waals surface area contributed by atoms with Crippen molar-refractivity contribution in [1.29, 1.82) is 0 Å². The highest BCUT2D eigenvalue weighted by molar-refractivity contribution is 8.20. The highest BCUT2D eigenvalue weighted by atomic mass is 32.2.